The van der Waals surface area contributed by atoms with E-state index in [1.165, 1.54) is 12.1 Å². The van der Waals surface area contributed by atoms with Crippen LogP contribution in [-0.4, -0.2) is 21.4 Å². The zero-order valence-electron chi connectivity index (χ0n) is 17.8. The largest absolute Gasteiger partial charge is 0.343 e. The summed E-state index contributed by atoms with van der Waals surface area (Å²) in [5.74, 6) is -0.427. The lowest BCUT2D eigenvalue weighted by molar-refractivity contribution is -0.384. The molecule has 0 bridgehead atoms. The zero-order valence-corrected chi connectivity index (χ0v) is 17.8. The first-order valence-electron chi connectivity index (χ1n) is 11.1. The number of nitro groups is 1. The fraction of sp³-hybridized carbons (Fsp3) is 0.308. The van der Waals surface area contributed by atoms with Crippen molar-refractivity contribution in [2.75, 3.05) is 0 Å². The van der Waals surface area contributed by atoms with Gasteiger partial charge < -0.3 is 4.90 Å². The molecule has 3 aliphatic rings. The van der Waals surface area contributed by atoms with E-state index in [2.05, 4.69) is 17.0 Å². The van der Waals surface area contributed by atoms with E-state index in [9.17, 15) is 19.7 Å². The molecule has 0 N–H and O–H groups in total. The number of nitrogens with zero attached hydrogens (tertiary/aromatic N) is 2. The Labute approximate surface area is 186 Å². The minimum absolute atomic E-state index is 0.0231. The first-order valence-corrected chi connectivity index (χ1v) is 11.1. The molecule has 5 rings (SSSR count). The lowest BCUT2D eigenvalue weighted by Gasteiger charge is -2.44. The van der Waals surface area contributed by atoms with Crippen LogP contribution in [-0.2, 0) is 16.1 Å². The van der Waals surface area contributed by atoms with Gasteiger partial charge in [-0.05, 0) is 36.8 Å². The Bertz CT molecular complexity index is 1140. The molecular weight excluding hydrogens is 404 g/mol. The number of ketones is 2. The molecule has 0 spiro atoms. The summed E-state index contributed by atoms with van der Waals surface area (Å²) in [5, 5.41) is 11.4. The van der Waals surface area contributed by atoms with E-state index in [4.69, 9.17) is 0 Å². The van der Waals surface area contributed by atoms with E-state index in [1.54, 1.807) is 6.07 Å². The summed E-state index contributed by atoms with van der Waals surface area (Å²) in [6, 6.07) is 16.5. The van der Waals surface area contributed by atoms with Crippen molar-refractivity contribution in [2.45, 2.75) is 51.0 Å². The predicted octanol–water partition coefficient (Wildman–Crippen LogP) is 5.21. The number of non-ortho nitro benzene ring substituents is 1. The van der Waals surface area contributed by atoms with E-state index in [-0.39, 0.29) is 17.3 Å². The van der Waals surface area contributed by atoms with E-state index in [0.717, 1.165) is 42.6 Å². The van der Waals surface area contributed by atoms with Gasteiger partial charge in [0.05, 0.1) is 4.92 Å². The van der Waals surface area contributed by atoms with Crippen molar-refractivity contribution in [2.24, 2.45) is 0 Å². The normalized spacial score (nSPS) is 19.2. The highest BCUT2D eigenvalue weighted by atomic mass is 16.6. The number of nitro benzene ring substituents is 1. The van der Waals surface area contributed by atoms with E-state index < -0.39 is 10.8 Å². The fourth-order valence-electron chi connectivity index (χ4n) is 5.32. The van der Waals surface area contributed by atoms with E-state index in [0.29, 0.717) is 36.1 Å². The van der Waals surface area contributed by atoms with Gasteiger partial charge in [0.15, 0.2) is 11.6 Å². The highest BCUT2D eigenvalue weighted by Crippen LogP contribution is 2.49. The molecule has 32 heavy (non-hydrogen) atoms. The lowest BCUT2D eigenvalue weighted by Crippen LogP contribution is -2.38. The molecule has 0 fully saturated rings. The van der Waals surface area contributed by atoms with Crippen molar-refractivity contribution in [3.8, 4) is 0 Å². The summed E-state index contributed by atoms with van der Waals surface area (Å²) in [5.41, 5.74) is 5.03. The first kappa shape index (κ1) is 20.4. The molecule has 2 aliphatic carbocycles. The molecule has 0 amide bonds. The Morgan fingerprint density at radius 1 is 0.844 bits per heavy atom. The number of allylic oxidation sites excluding steroid dienone is 4. The molecule has 0 radical (unpaired) electrons. The molecule has 0 unspecified atom stereocenters. The van der Waals surface area contributed by atoms with Crippen LogP contribution < -0.4 is 0 Å². The van der Waals surface area contributed by atoms with Crippen LogP contribution in [0.15, 0.2) is 77.1 Å². The van der Waals surface area contributed by atoms with Crippen molar-refractivity contribution >= 4 is 17.3 Å². The van der Waals surface area contributed by atoms with Gasteiger partial charge in [0, 0.05) is 60.0 Å². The maximum atomic E-state index is 13.3. The molecule has 6 nitrogen and oxygen atoms in total. The van der Waals surface area contributed by atoms with Crippen LogP contribution in [0.4, 0.5) is 5.69 Å². The minimum Gasteiger partial charge on any atom is -0.343 e. The van der Waals surface area contributed by atoms with Crippen molar-refractivity contribution in [1.29, 1.82) is 0 Å². The van der Waals surface area contributed by atoms with Crippen LogP contribution in [0.25, 0.3) is 0 Å². The molecule has 0 saturated carbocycles. The average Bonchev–Trinajstić information content (AvgIpc) is 2.80. The van der Waals surface area contributed by atoms with Crippen molar-refractivity contribution < 1.29 is 14.5 Å². The van der Waals surface area contributed by atoms with Gasteiger partial charge in [0.2, 0.25) is 0 Å². The van der Waals surface area contributed by atoms with Crippen LogP contribution in [0.1, 0.15) is 55.6 Å². The van der Waals surface area contributed by atoms with Gasteiger partial charge in [0.25, 0.3) is 5.69 Å². The lowest BCUT2D eigenvalue weighted by atomic mass is 9.71. The van der Waals surface area contributed by atoms with Crippen LogP contribution in [0.5, 0.6) is 0 Å². The molecular formula is C26H24N2O4. The molecule has 2 aromatic rings. The topological polar surface area (TPSA) is 80.5 Å². The molecule has 0 aromatic heterocycles. The second-order valence-corrected chi connectivity index (χ2v) is 8.63. The number of hydrogen-bond acceptors (Lipinski definition) is 5. The van der Waals surface area contributed by atoms with E-state index in [1.807, 2.05) is 24.3 Å². The number of benzene rings is 2. The van der Waals surface area contributed by atoms with Gasteiger partial charge in [-0.1, -0.05) is 42.5 Å². The standard InChI is InChI=1S/C26H24N2O4/c29-22-13-5-11-20-25(22)24(18-9-4-10-19(15-18)28(31)32)26-21(12-6-14-23(26)30)27(20)16-17-7-2-1-3-8-17/h1-4,7-10,15,24H,5-6,11-14,16H2. The summed E-state index contributed by atoms with van der Waals surface area (Å²) in [7, 11) is 0. The third kappa shape index (κ3) is 3.45. The summed E-state index contributed by atoms with van der Waals surface area (Å²) in [6.07, 6.45) is 3.98. The summed E-state index contributed by atoms with van der Waals surface area (Å²) in [4.78, 5) is 39.7. The predicted molar refractivity (Wildman–Crippen MR) is 120 cm³/mol. The molecule has 1 aliphatic heterocycles. The van der Waals surface area contributed by atoms with Gasteiger partial charge in [0.1, 0.15) is 0 Å². The summed E-state index contributed by atoms with van der Waals surface area (Å²) < 4.78 is 0. The molecule has 2 aromatic carbocycles. The van der Waals surface area contributed by atoms with Crippen molar-refractivity contribution in [1.82, 2.24) is 4.90 Å². The summed E-state index contributed by atoms with van der Waals surface area (Å²) in [6.45, 7) is 0.612. The van der Waals surface area contributed by atoms with Gasteiger partial charge in [-0.2, -0.15) is 0 Å². The first-order chi connectivity index (χ1) is 15.5. The second-order valence-electron chi connectivity index (χ2n) is 8.63. The summed E-state index contributed by atoms with van der Waals surface area (Å²) >= 11 is 0. The SMILES string of the molecule is O=C1CCCC2=C1C(c1cccc([N+](=O)[O-])c1)C1=C(CCCC1=O)N2Cc1ccccc1. The highest BCUT2D eigenvalue weighted by Gasteiger charge is 2.43. The van der Waals surface area contributed by atoms with Gasteiger partial charge in [-0.25, -0.2) is 0 Å². The van der Waals surface area contributed by atoms with E-state index >= 15 is 0 Å². The fourth-order valence-corrected chi connectivity index (χ4v) is 5.32. The van der Waals surface area contributed by atoms with Crippen LogP contribution in [0.3, 0.4) is 0 Å². The van der Waals surface area contributed by atoms with Gasteiger partial charge in [-0.15, -0.1) is 0 Å². The molecule has 0 atom stereocenters. The second kappa shape index (κ2) is 8.19. The Morgan fingerprint density at radius 2 is 1.47 bits per heavy atom. The third-order valence-electron chi connectivity index (χ3n) is 6.68. The Kier molecular flexibility index (Phi) is 5.21. The Balaban J connectivity index is 1.71. The maximum Gasteiger partial charge on any atom is 0.269 e. The molecule has 1 heterocycles. The monoisotopic (exact) mass is 428 g/mol. The quantitative estimate of drug-likeness (QED) is 0.493. The number of carbonyl (C=O) groups is 2. The minimum atomic E-state index is -0.521. The number of Topliss-reactive ketones (excluding diaryl/α,β-unsaturated/α-hetero) is 2. The van der Waals surface area contributed by atoms with Crippen molar-refractivity contribution in [3.05, 3.63) is 98.4 Å². The average molecular weight is 428 g/mol. The molecule has 162 valence electrons. The zero-order chi connectivity index (χ0) is 22.2. The van der Waals surface area contributed by atoms with Crippen molar-refractivity contribution in [3.63, 3.8) is 0 Å². The van der Waals surface area contributed by atoms with Gasteiger partial charge >= 0.3 is 0 Å². The maximum absolute atomic E-state index is 13.3. The van der Waals surface area contributed by atoms with Crippen LogP contribution in [0.2, 0.25) is 0 Å². The van der Waals surface area contributed by atoms with Gasteiger partial charge in [-0.3, -0.25) is 19.7 Å². The Hall–Kier alpha value is -3.54. The number of rotatable bonds is 4. The number of hydrogen-bond donors (Lipinski definition) is 0. The highest BCUT2D eigenvalue weighted by molar-refractivity contribution is 6.06. The smallest absolute Gasteiger partial charge is 0.269 e. The van der Waals surface area contributed by atoms with Crippen LogP contribution >= 0.6 is 0 Å². The number of carbonyl (C=O) groups excluding carboxylic acids is 2. The molecule has 0 saturated heterocycles. The van der Waals surface area contributed by atoms with Crippen LogP contribution in [0, 0.1) is 10.1 Å². The molecule has 6 heteroatoms. The Morgan fingerprint density at radius 3 is 2.06 bits per heavy atom. The third-order valence-corrected chi connectivity index (χ3v) is 6.68.